The molecule has 0 heterocycles. The van der Waals surface area contributed by atoms with Gasteiger partial charge in [-0.3, -0.25) is 0 Å². The molecule has 2 heteroatoms. The summed E-state index contributed by atoms with van der Waals surface area (Å²) in [6.45, 7) is 10.5. The highest BCUT2D eigenvalue weighted by Gasteiger charge is 2.25. The first-order valence-corrected chi connectivity index (χ1v) is 6.30. The second kappa shape index (κ2) is 5.31. The van der Waals surface area contributed by atoms with Gasteiger partial charge in [-0.1, -0.05) is 19.3 Å². The molecule has 0 bridgehead atoms. The van der Waals surface area contributed by atoms with Gasteiger partial charge in [-0.15, -0.1) is 0 Å². The molecular weight excluding hydrogens is 186 g/mol. The zero-order chi connectivity index (χ0) is 11.4. The molecule has 0 unspecified atom stereocenters. The van der Waals surface area contributed by atoms with E-state index >= 15 is 0 Å². The van der Waals surface area contributed by atoms with Crippen LogP contribution in [0.15, 0.2) is 0 Å². The Morgan fingerprint density at radius 2 is 1.73 bits per heavy atom. The molecule has 0 aromatic carbocycles. The van der Waals surface area contributed by atoms with Crippen LogP contribution in [0.4, 0.5) is 0 Å². The van der Waals surface area contributed by atoms with Crippen molar-refractivity contribution in [3.05, 3.63) is 0 Å². The van der Waals surface area contributed by atoms with Crippen LogP contribution in [0.3, 0.4) is 0 Å². The molecule has 0 radical (unpaired) electrons. The van der Waals surface area contributed by atoms with Crippen LogP contribution in [-0.2, 0) is 4.74 Å². The average molecular weight is 213 g/mol. The van der Waals surface area contributed by atoms with E-state index < -0.39 is 0 Å². The molecule has 0 saturated heterocycles. The van der Waals surface area contributed by atoms with Crippen LogP contribution in [0.25, 0.3) is 0 Å². The van der Waals surface area contributed by atoms with E-state index in [-0.39, 0.29) is 5.60 Å². The predicted molar refractivity (Wildman–Crippen MR) is 65.2 cm³/mol. The Hall–Kier alpha value is -0.0800. The third-order valence-electron chi connectivity index (χ3n) is 3.15. The summed E-state index contributed by atoms with van der Waals surface area (Å²) >= 11 is 0. The monoisotopic (exact) mass is 213 g/mol. The van der Waals surface area contributed by atoms with Gasteiger partial charge in [0, 0.05) is 12.1 Å². The minimum atomic E-state index is -0.00481. The predicted octanol–water partition coefficient (Wildman–Crippen LogP) is 3.11. The van der Waals surface area contributed by atoms with Gasteiger partial charge in [0.2, 0.25) is 0 Å². The van der Waals surface area contributed by atoms with Gasteiger partial charge in [-0.05, 0) is 40.5 Å². The van der Waals surface area contributed by atoms with E-state index in [0.29, 0.717) is 5.54 Å². The summed E-state index contributed by atoms with van der Waals surface area (Å²) in [6.07, 6.45) is 6.81. The Kier molecular flexibility index (Phi) is 4.60. The lowest BCUT2D eigenvalue weighted by Crippen LogP contribution is -2.45. The van der Waals surface area contributed by atoms with Crippen molar-refractivity contribution < 1.29 is 4.74 Å². The number of hydrogen-bond donors (Lipinski definition) is 1. The maximum Gasteiger partial charge on any atom is 0.0599 e. The third kappa shape index (κ3) is 5.53. The molecule has 0 aromatic heterocycles. The number of rotatable bonds is 4. The van der Waals surface area contributed by atoms with Gasteiger partial charge in [0.25, 0.3) is 0 Å². The molecule has 90 valence electrons. The molecule has 1 rings (SSSR count). The molecule has 1 aliphatic rings. The Morgan fingerprint density at radius 1 is 1.13 bits per heavy atom. The normalized spacial score (nSPS) is 21.6. The fourth-order valence-electron chi connectivity index (χ4n) is 2.22. The Balaban J connectivity index is 2.13. The van der Waals surface area contributed by atoms with Crippen molar-refractivity contribution in [2.75, 3.05) is 13.2 Å². The van der Waals surface area contributed by atoms with Crippen molar-refractivity contribution in [2.45, 2.75) is 70.9 Å². The Morgan fingerprint density at radius 3 is 2.27 bits per heavy atom. The quantitative estimate of drug-likeness (QED) is 0.725. The summed E-state index contributed by atoms with van der Waals surface area (Å²) in [5.41, 5.74) is 0.370. The molecule has 0 spiro atoms. The Labute approximate surface area is 94.8 Å². The third-order valence-corrected chi connectivity index (χ3v) is 3.15. The lowest BCUT2D eigenvalue weighted by Gasteiger charge is -2.35. The summed E-state index contributed by atoms with van der Waals surface area (Å²) in [5.74, 6) is 0. The summed E-state index contributed by atoms with van der Waals surface area (Å²) in [5, 5.41) is 3.65. The van der Waals surface area contributed by atoms with E-state index in [2.05, 4.69) is 33.0 Å². The largest absolute Gasteiger partial charge is 0.375 e. The van der Waals surface area contributed by atoms with Crippen molar-refractivity contribution in [1.29, 1.82) is 0 Å². The molecule has 0 atom stereocenters. The molecule has 1 N–H and O–H groups in total. The van der Waals surface area contributed by atoms with E-state index in [1.807, 2.05) is 0 Å². The van der Waals surface area contributed by atoms with Crippen LogP contribution in [0.5, 0.6) is 0 Å². The van der Waals surface area contributed by atoms with Crippen LogP contribution in [0.2, 0.25) is 0 Å². The number of ether oxygens (including phenoxy) is 1. The summed E-state index contributed by atoms with van der Waals surface area (Å²) in [7, 11) is 0. The standard InChI is InChI=1S/C13H27NO/c1-12(2,3)15-11-10-14-13(4)8-6-5-7-9-13/h14H,5-11H2,1-4H3. The molecule has 1 fully saturated rings. The topological polar surface area (TPSA) is 21.3 Å². The zero-order valence-corrected chi connectivity index (χ0v) is 10.9. The fraction of sp³-hybridized carbons (Fsp3) is 1.00. The van der Waals surface area contributed by atoms with Gasteiger partial charge in [-0.2, -0.15) is 0 Å². The second-order valence-electron chi connectivity index (χ2n) is 6.01. The molecule has 0 amide bonds. The zero-order valence-electron chi connectivity index (χ0n) is 10.9. The van der Waals surface area contributed by atoms with Crippen LogP contribution in [0, 0.1) is 0 Å². The van der Waals surface area contributed by atoms with Crippen molar-refractivity contribution in [1.82, 2.24) is 5.32 Å². The van der Waals surface area contributed by atoms with E-state index in [4.69, 9.17) is 4.74 Å². The van der Waals surface area contributed by atoms with Crippen molar-refractivity contribution in [3.8, 4) is 0 Å². The van der Waals surface area contributed by atoms with E-state index in [0.717, 1.165) is 13.2 Å². The Bertz CT molecular complexity index is 177. The lowest BCUT2D eigenvalue weighted by molar-refractivity contribution is -0.00389. The van der Waals surface area contributed by atoms with E-state index in [1.54, 1.807) is 0 Å². The van der Waals surface area contributed by atoms with Crippen molar-refractivity contribution in [3.63, 3.8) is 0 Å². The van der Waals surface area contributed by atoms with E-state index in [9.17, 15) is 0 Å². The first kappa shape index (κ1) is 13.0. The first-order chi connectivity index (χ1) is 6.91. The van der Waals surface area contributed by atoms with Crippen LogP contribution < -0.4 is 5.32 Å². The summed E-state index contributed by atoms with van der Waals surface area (Å²) < 4.78 is 5.70. The van der Waals surface area contributed by atoms with Crippen molar-refractivity contribution in [2.24, 2.45) is 0 Å². The highest BCUT2D eigenvalue weighted by atomic mass is 16.5. The molecule has 2 nitrogen and oxygen atoms in total. The summed E-state index contributed by atoms with van der Waals surface area (Å²) in [4.78, 5) is 0. The molecule has 0 aromatic rings. The number of nitrogens with one attached hydrogen (secondary N) is 1. The maximum absolute atomic E-state index is 5.70. The highest BCUT2D eigenvalue weighted by Crippen LogP contribution is 2.27. The van der Waals surface area contributed by atoms with Gasteiger partial charge in [-0.25, -0.2) is 0 Å². The molecular formula is C13H27NO. The lowest BCUT2D eigenvalue weighted by atomic mass is 9.83. The molecule has 0 aliphatic heterocycles. The van der Waals surface area contributed by atoms with Crippen LogP contribution in [-0.4, -0.2) is 24.3 Å². The molecule has 15 heavy (non-hydrogen) atoms. The summed E-state index contributed by atoms with van der Waals surface area (Å²) in [6, 6.07) is 0. The number of hydrogen-bond acceptors (Lipinski definition) is 2. The minimum absolute atomic E-state index is 0.00481. The SMILES string of the molecule is CC1(NCCOC(C)(C)C)CCCCC1. The van der Waals surface area contributed by atoms with E-state index in [1.165, 1.54) is 32.1 Å². The van der Waals surface area contributed by atoms with Crippen molar-refractivity contribution >= 4 is 0 Å². The van der Waals surface area contributed by atoms with Gasteiger partial charge in [0.1, 0.15) is 0 Å². The molecule has 1 saturated carbocycles. The minimum Gasteiger partial charge on any atom is -0.375 e. The average Bonchev–Trinajstić information content (AvgIpc) is 2.12. The van der Waals surface area contributed by atoms with Gasteiger partial charge in [0.05, 0.1) is 12.2 Å². The highest BCUT2D eigenvalue weighted by molar-refractivity contribution is 4.85. The van der Waals surface area contributed by atoms with Gasteiger partial charge in [0.15, 0.2) is 0 Å². The van der Waals surface area contributed by atoms with Crippen LogP contribution >= 0.6 is 0 Å². The first-order valence-electron chi connectivity index (χ1n) is 6.30. The second-order valence-corrected chi connectivity index (χ2v) is 6.01. The van der Waals surface area contributed by atoms with Gasteiger partial charge >= 0.3 is 0 Å². The molecule has 1 aliphatic carbocycles. The van der Waals surface area contributed by atoms with Crippen LogP contribution in [0.1, 0.15) is 59.8 Å². The smallest absolute Gasteiger partial charge is 0.0599 e. The maximum atomic E-state index is 5.70. The van der Waals surface area contributed by atoms with Gasteiger partial charge < -0.3 is 10.1 Å². The fourth-order valence-corrected chi connectivity index (χ4v) is 2.22.